The van der Waals surface area contributed by atoms with E-state index in [0.29, 0.717) is 0 Å². The van der Waals surface area contributed by atoms with Crippen LogP contribution in [0.15, 0.2) is 11.6 Å². The summed E-state index contributed by atoms with van der Waals surface area (Å²) < 4.78 is 0. The van der Waals surface area contributed by atoms with Crippen molar-refractivity contribution in [1.29, 1.82) is 0 Å². The van der Waals surface area contributed by atoms with E-state index in [1.165, 1.54) is 128 Å². The van der Waals surface area contributed by atoms with E-state index in [0.717, 1.165) is 11.8 Å². The molecule has 0 heteroatoms. The SMILES string of the molecule is CCCCCCCCCCCCCCCCCCC1=CC2CCC1C2. The highest BCUT2D eigenvalue weighted by Crippen LogP contribution is 2.45. The molecular weight excluding hydrogens is 300 g/mol. The van der Waals surface area contributed by atoms with Gasteiger partial charge in [-0.15, -0.1) is 0 Å². The number of allylic oxidation sites excluding steroid dienone is 2. The standard InChI is InChI=1S/C25H46/c1-2-3-4-5-6-7-8-9-10-11-12-13-14-15-16-17-18-24-21-23-19-20-25(24)22-23/h21,23,25H,2-20,22H2,1H3. The zero-order chi connectivity index (χ0) is 17.6. The van der Waals surface area contributed by atoms with Crippen LogP contribution in [0.2, 0.25) is 0 Å². The van der Waals surface area contributed by atoms with Gasteiger partial charge in [-0.25, -0.2) is 0 Å². The average molecular weight is 347 g/mol. The van der Waals surface area contributed by atoms with Crippen molar-refractivity contribution in [2.45, 2.75) is 135 Å². The Morgan fingerprint density at radius 1 is 0.640 bits per heavy atom. The second-order valence-corrected chi connectivity index (χ2v) is 9.06. The molecule has 2 atom stereocenters. The van der Waals surface area contributed by atoms with Gasteiger partial charge in [0.05, 0.1) is 0 Å². The smallest absolute Gasteiger partial charge is 0.0197 e. The van der Waals surface area contributed by atoms with Gasteiger partial charge in [0.1, 0.15) is 0 Å². The van der Waals surface area contributed by atoms with Crippen LogP contribution in [-0.2, 0) is 0 Å². The molecule has 0 nitrogen and oxygen atoms in total. The van der Waals surface area contributed by atoms with E-state index < -0.39 is 0 Å². The first-order chi connectivity index (χ1) is 12.4. The molecule has 1 fully saturated rings. The normalized spacial score (nSPS) is 21.9. The monoisotopic (exact) mass is 346 g/mol. The molecule has 146 valence electrons. The molecule has 2 bridgehead atoms. The van der Waals surface area contributed by atoms with Crippen LogP contribution in [0.25, 0.3) is 0 Å². The van der Waals surface area contributed by atoms with Crippen LogP contribution in [0.5, 0.6) is 0 Å². The van der Waals surface area contributed by atoms with Gasteiger partial charge in [-0.1, -0.05) is 115 Å². The first kappa shape index (κ1) is 21.0. The van der Waals surface area contributed by atoms with Gasteiger partial charge in [0.15, 0.2) is 0 Å². The highest BCUT2D eigenvalue weighted by molar-refractivity contribution is 5.19. The lowest BCUT2D eigenvalue weighted by Gasteiger charge is -2.12. The van der Waals surface area contributed by atoms with Crippen LogP contribution in [-0.4, -0.2) is 0 Å². The van der Waals surface area contributed by atoms with Gasteiger partial charge in [-0.2, -0.15) is 0 Å². The van der Waals surface area contributed by atoms with Crippen molar-refractivity contribution in [3.8, 4) is 0 Å². The van der Waals surface area contributed by atoms with Gasteiger partial charge in [-0.05, 0) is 43.9 Å². The zero-order valence-electron chi connectivity index (χ0n) is 17.4. The third kappa shape index (κ3) is 9.30. The molecule has 0 aromatic heterocycles. The summed E-state index contributed by atoms with van der Waals surface area (Å²) in [6, 6.07) is 0. The molecule has 0 heterocycles. The minimum Gasteiger partial charge on any atom is -0.0819 e. The van der Waals surface area contributed by atoms with E-state index in [4.69, 9.17) is 0 Å². The summed E-state index contributed by atoms with van der Waals surface area (Å²) in [6.07, 6.45) is 32.2. The molecular formula is C25H46. The molecule has 0 aromatic rings. The van der Waals surface area contributed by atoms with Crippen molar-refractivity contribution in [2.75, 3.05) is 0 Å². The Bertz CT molecular complexity index is 340. The molecule has 2 unspecified atom stereocenters. The second kappa shape index (κ2) is 13.9. The molecule has 1 saturated carbocycles. The molecule has 0 aromatic carbocycles. The van der Waals surface area contributed by atoms with Crippen molar-refractivity contribution >= 4 is 0 Å². The fourth-order valence-corrected chi connectivity index (χ4v) is 5.11. The molecule has 2 aliphatic rings. The summed E-state index contributed by atoms with van der Waals surface area (Å²) in [4.78, 5) is 0. The summed E-state index contributed by atoms with van der Waals surface area (Å²) in [7, 11) is 0. The van der Waals surface area contributed by atoms with Gasteiger partial charge < -0.3 is 0 Å². The van der Waals surface area contributed by atoms with Crippen molar-refractivity contribution < 1.29 is 0 Å². The lowest BCUT2D eigenvalue weighted by molar-refractivity contribution is 0.526. The van der Waals surface area contributed by atoms with Crippen molar-refractivity contribution in [2.24, 2.45) is 11.8 Å². The maximum Gasteiger partial charge on any atom is -0.0197 e. The van der Waals surface area contributed by atoms with Gasteiger partial charge in [0.25, 0.3) is 0 Å². The Balaban J connectivity index is 1.24. The largest absolute Gasteiger partial charge is 0.0819 e. The van der Waals surface area contributed by atoms with Gasteiger partial charge in [-0.3, -0.25) is 0 Å². The molecule has 0 radical (unpaired) electrons. The van der Waals surface area contributed by atoms with Gasteiger partial charge >= 0.3 is 0 Å². The second-order valence-electron chi connectivity index (χ2n) is 9.06. The van der Waals surface area contributed by atoms with Crippen LogP contribution < -0.4 is 0 Å². The van der Waals surface area contributed by atoms with E-state index >= 15 is 0 Å². The fourth-order valence-electron chi connectivity index (χ4n) is 5.11. The molecule has 0 saturated heterocycles. The van der Waals surface area contributed by atoms with Crippen LogP contribution in [0, 0.1) is 11.8 Å². The molecule has 0 amide bonds. The van der Waals surface area contributed by atoms with Crippen LogP contribution in [0.1, 0.15) is 135 Å². The summed E-state index contributed by atoms with van der Waals surface area (Å²) in [5, 5.41) is 0. The van der Waals surface area contributed by atoms with E-state index in [1.54, 1.807) is 0 Å². The molecule has 0 aliphatic heterocycles. The van der Waals surface area contributed by atoms with Gasteiger partial charge in [0, 0.05) is 0 Å². The quantitative estimate of drug-likeness (QED) is 0.182. The number of hydrogen-bond acceptors (Lipinski definition) is 0. The van der Waals surface area contributed by atoms with Crippen molar-refractivity contribution in [3.63, 3.8) is 0 Å². The van der Waals surface area contributed by atoms with Crippen LogP contribution >= 0.6 is 0 Å². The summed E-state index contributed by atoms with van der Waals surface area (Å²) in [5.41, 5.74) is 1.85. The Kier molecular flexibility index (Phi) is 11.7. The van der Waals surface area contributed by atoms with E-state index in [1.807, 2.05) is 5.57 Å². The summed E-state index contributed by atoms with van der Waals surface area (Å²) in [5.74, 6) is 2.00. The van der Waals surface area contributed by atoms with Crippen molar-refractivity contribution in [3.05, 3.63) is 11.6 Å². The molecule has 25 heavy (non-hydrogen) atoms. The number of hydrogen-bond donors (Lipinski definition) is 0. The molecule has 2 rings (SSSR count). The number of fused-ring (bicyclic) bond motifs is 2. The van der Waals surface area contributed by atoms with Crippen LogP contribution in [0.4, 0.5) is 0 Å². The Morgan fingerprint density at radius 2 is 1.12 bits per heavy atom. The topological polar surface area (TPSA) is 0 Å². The minimum absolute atomic E-state index is 0.987. The summed E-state index contributed by atoms with van der Waals surface area (Å²) >= 11 is 0. The Labute approximate surface area is 159 Å². The minimum atomic E-state index is 0.987. The predicted octanol–water partition coefficient (Wildman–Crippen LogP) is 8.99. The first-order valence-electron chi connectivity index (χ1n) is 12.1. The Morgan fingerprint density at radius 3 is 1.52 bits per heavy atom. The van der Waals surface area contributed by atoms with Crippen LogP contribution in [0.3, 0.4) is 0 Å². The maximum atomic E-state index is 2.64. The van der Waals surface area contributed by atoms with E-state index in [2.05, 4.69) is 13.0 Å². The predicted molar refractivity (Wildman–Crippen MR) is 113 cm³/mol. The van der Waals surface area contributed by atoms with Gasteiger partial charge in [0.2, 0.25) is 0 Å². The van der Waals surface area contributed by atoms with Crippen molar-refractivity contribution in [1.82, 2.24) is 0 Å². The zero-order valence-corrected chi connectivity index (χ0v) is 17.4. The third-order valence-electron chi connectivity index (χ3n) is 6.77. The third-order valence-corrected chi connectivity index (χ3v) is 6.77. The molecule has 0 spiro atoms. The van der Waals surface area contributed by atoms with E-state index in [-0.39, 0.29) is 0 Å². The first-order valence-corrected chi connectivity index (χ1v) is 12.1. The number of rotatable bonds is 17. The lowest BCUT2D eigenvalue weighted by atomic mass is 9.93. The highest BCUT2D eigenvalue weighted by Gasteiger charge is 2.31. The average Bonchev–Trinajstić information content (AvgIpc) is 3.24. The lowest BCUT2D eigenvalue weighted by Crippen LogP contribution is -1.97. The molecule has 0 N–H and O–H groups in total. The number of unbranched alkanes of at least 4 members (excludes halogenated alkanes) is 15. The fraction of sp³-hybridized carbons (Fsp3) is 0.920. The van der Waals surface area contributed by atoms with E-state index in [9.17, 15) is 0 Å². The maximum absolute atomic E-state index is 2.64. The summed E-state index contributed by atoms with van der Waals surface area (Å²) in [6.45, 7) is 2.30. The Hall–Kier alpha value is -0.260. The molecule has 2 aliphatic carbocycles. The highest BCUT2D eigenvalue weighted by atomic mass is 14.4.